The molecule has 4 rings (SSSR count). The molecule has 0 radical (unpaired) electrons. The number of anilines is 1. The Morgan fingerprint density at radius 3 is 2.64 bits per heavy atom. The Kier molecular flexibility index (Phi) is 3.46. The van der Waals surface area contributed by atoms with Gasteiger partial charge in [0, 0.05) is 18.8 Å². The summed E-state index contributed by atoms with van der Waals surface area (Å²) in [5, 5.41) is 19.1. The number of para-hydroxylation sites is 1. The first kappa shape index (κ1) is 15.3. The molecule has 1 aliphatic rings. The van der Waals surface area contributed by atoms with Crippen molar-refractivity contribution < 1.29 is 9.84 Å². The minimum atomic E-state index is 0.152. The lowest BCUT2D eigenvalue weighted by molar-refractivity contribution is 0.411. The van der Waals surface area contributed by atoms with E-state index in [1.165, 1.54) is 0 Å². The lowest BCUT2D eigenvalue weighted by atomic mass is 10.2. The summed E-state index contributed by atoms with van der Waals surface area (Å²) in [6.45, 7) is 0.269. The standard InChI is InChI=1S/C19H18N4O2/c1-22-15-9-8-13(25-2)10-14(15)21-19(22)17-16(24)11-23(18(17)20)12-6-4-3-5-7-12/h3-10,20,24H,11H2,1-2H3. The largest absolute Gasteiger partial charge is 0.509 e. The van der Waals surface area contributed by atoms with E-state index in [4.69, 9.17) is 10.1 Å². The number of methoxy groups -OCH3 is 1. The van der Waals surface area contributed by atoms with Crippen LogP contribution < -0.4 is 9.64 Å². The second kappa shape index (κ2) is 5.66. The Morgan fingerprint density at radius 2 is 1.92 bits per heavy atom. The molecule has 0 saturated carbocycles. The number of aryl methyl sites for hydroxylation is 1. The highest BCUT2D eigenvalue weighted by molar-refractivity contribution is 6.30. The monoisotopic (exact) mass is 334 g/mol. The van der Waals surface area contributed by atoms with Gasteiger partial charge in [0.1, 0.15) is 23.2 Å². The lowest BCUT2D eigenvalue weighted by Crippen LogP contribution is -2.26. The molecule has 2 N–H and O–H groups in total. The molecule has 6 nitrogen and oxygen atoms in total. The van der Waals surface area contributed by atoms with E-state index in [2.05, 4.69) is 4.98 Å². The molecule has 25 heavy (non-hydrogen) atoms. The van der Waals surface area contributed by atoms with Crippen molar-refractivity contribution in [1.29, 1.82) is 5.41 Å². The van der Waals surface area contributed by atoms with Crippen molar-refractivity contribution in [3.05, 3.63) is 60.1 Å². The van der Waals surface area contributed by atoms with Crippen molar-refractivity contribution in [2.75, 3.05) is 18.6 Å². The number of hydrogen-bond acceptors (Lipinski definition) is 4. The van der Waals surface area contributed by atoms with Crippen LogP contribution in [0.3, 0.4) is 0 Å². The van der Waals surface area contributed by atoms with Gasteiger partial charge in [-0.2, -0.15) is 0 Å². The zero-order chi connectivity index (χ0) is 17.6. The number of amidine groups is 1. The van der Waals surface area contributed by atoms with Crippen molar-refractivity contribution in [3.63, 3.8) is 0 Å². The van der Waals surface area contributed by atoms with Gasteiger partial charge in [0.05, 0.1) is 30.3 Å². The highest BCUT2D eigenvalue weighted by Gasteiger charge is 2.32. The van der Waals surface area contributed by atoms with Crippen LogP contribution in [-0.4, -0.2) is 34.1 Å². The zero-order valence-corrected chi connectivity index (χ0v) is 14.0. The van der Waals surface area contributed by atoms with Gasteiger partial charge in [0.25, 0.3) is 0 Å². The highest BCUT2D eigenvalue weighted by Crippen LogP contribution is 2.32. The van der Waals surface area contributed by atoms with Crippen LogP contribution in [0.25, 0.3) is 16.6 Å². The smallest absolute Gasteiger partial charge is 0.148 e. The molecule has 0 amide bonds. The molecule has 2 aromatic carbocycles. The van der Waals surface area contributed by atoms with Gasteiger partial charge in [-0.3, -0.25) is 5.41 Å². The molecular weight excluding hydrogens is 316 g/mol. The molecule has 126 valence electrons. The number of aromatic nitrogens is 2. The van der Waals surface area contributed by atoms with Crippen LogP contribution in [0.15, 0.2) is 54.3 Å². The summed E-state index contributed by atoms with van der Waals surface area (Å²) in [7, 11) is 3.50. The number of fused-ring (bicyclic) bond motifs is 1. The first-order chi connectivity index (χ1) is 12.1. The fourth-order valence-electron chi connectivity index (χ4n) is 3.17. The first-order valence-corrected chi connectivity index (χ1v) is 7.94. The molecule has 0 atom stereocenters. The molecule has 0 saturated heterocycles. The summed E-state index contributed by atoms with van der Waals surface area (Å²) in [6.07, 6.45) is 0. The number of hydrogen-bond donors (Lipinski definition) is 2. The number of aliphatic hydroxyl groups is 1. The van der Waals surface area contributed by atoms with E-state index in [0.717, 1.165) is 22.5 Å². The summed E-state index contributed by atoms with van der Waals surface area (Å²) in [5.74, 6) is 1.69. The van der Waals surface area contributed by atoms with Crippen molar-refractivity contribution >= 4 is 28.1 Å². The summed E-state index contributed by atoms with van der Waals surface area (Å²) >= 11 is 0. The molecule has 0 spiro atoms. The van der Waals surface area contributed by atoms with Crippen LogP contribution in [0.1, 0.15) is 5.82 Å². The fraction of sp³-hybridized carbons (Fsp3) is 0.158. The molecule has 3 aromatic rings. The maximum Gasteiger partial charge on any atom is 0.148 e. The van der Waals surface area contributed by atoms with Gasteiger partial charge in [-0.15, -0.1) is 0 Å². The molecular formula is C19H18N4O2. The Bertz CT molecular complexity index is 1000. The Morgan fingerprint density at radius 1 is 1.16 bits per heavy atom. The number of benzene rings is 2. The second-order valence-corrected chi connectivity index (χ2v) is 5.94. The molecule has 0 bridgehead atoms. The maximum absolute atomic E-state index is 10.5. The van der Waals surface area contributed by atoms with Crippen LogP contribution in [0.2, 0.25) is 0 Å². The fourth-order valence-corrected chi connectivity index (χ4v) is 3.17. The Labute approximate surface area is 145 Å². The van der Waals surface area contributed by atoms with Crippen LogP contribution in [0, 0.1) is 5.41 Å². The predicted molar refractivity (Wildman–Crippen MR) is 98.3 cm³/mol. The normalized spacial score (nSPS) is 14.6. The van der Waals surface area contributed by atoms with Gasteiger partial charge in [-0.25, -0.2) is 4.98 Å². The third-order valence-corrected chi connectivity index (χ3v) is 4.48. The van der Waals surface area contributed by atoms with E-state index in [1.807, 2.05) is 60.1 Å². The molecule has 2 heterocycles. The quantitative estimate of drug-likeness (QED) is 0.770. The van der Waals surface area contributed by atoms with E-state index in [0.29, 0.717) is 11.4 Å². The van der Waals surface area contributed by atoms with Crippen LogP contribution in [0.5, 0.6) is 5.75 Å². The average molecular weight is 334 g/mol. The van der Waals surface area contributed by atoms with E-state index >= 15 is 0 Å². The van der Waals surface area contributed by atoms with Crippen molar-refractivity contribution in [3.8, 4) is 5.75 Å². The Balaban J connectivity index is 1.79. The topological polar surface area (TPSA) is 74.4 Å². The van der Waals surface area contributed by atoms with Crippen LogP contribution in [0.4, 0.5) is 5.69 Å². The molecule has 0 fully saturated rings. The number of imidazole rings is 1. The lowest BCUT2D eigenvalue weighted by Gasteiger charge is -2.18. The first-order valence-electron chi connectivity index (χ1n) is 7.94. The SMILES string of the molecule is COc1ccc2c(c1)nc(C1=C(O)CN(c3ccccc3)C1=N)n2C. The van der Waals surface area contributed by atoms with Crippen molar-refractivity contribution in [1.82, 2.24) is 9.55 Å². The summed E-state index contributed by atoms with van der Waals surface area (Å²) < 4.78 is 7.15. The molecule has 0 aliphatic carbocycles. The van der Waals surface area contributed by atoms with Gasteiger partial charge in [0.2, 0.25) is 0 Å². The molecule has 1 aliphatic heterocycles. The molecule has 1 aromatic heterocycles. The minimum absolute atomic E-state index is 0.152. The summed E-state index contributed by atoms with van der Waals surface area (Å²) in [6, 6.07) is 15.3. The average Bonchev–Trinajstić information content (AvgIpc) is 3.11. The van der Waals surface area contributed by atoms with E-state index in [9.17, 15) is 5.11 Å². The summed E-state index contributed by atoms with van der Waals surface area (Å²) in [4.78, 5) is 6.40. The number of ether oxygens (including phenoxy) is 1. The van der Waals surface area contributed by atoms with E-state index < -0.39 is 0 Å². The summed E-state index contributed by atoms with van der Waals surface area (Å²) in [5.41, 5.74) is 3.01. The number of nitrogens with one attached hydrogen (secondary N) is 1. The van der Waals surface area contributed by atoms with Gasteiger partial charge < -0.3 is 19.3 Å². The van der Waals surface area contributed by atoms with E-state index in [-0.39, 0.29) is 18.1 Å². The van der Waals surface area contributed by atoms with Gasteiger partial charge >= 0.3 is 0 Å². The molecule has 0 unspecified atom stereocenters. The van der Waals surface area contributed by atoms with Crippen LogP contribution in [-0.2, 0) is 7.05 Å². The van der Waals surface area contributed by atoms with Gasteiger partial charge in [-0.05, 0) is 24.3 Å². The Hall–Kier alpha value is -3.28. The van der Waals surface area contributed by atoms with Gasteiger partial charge in [0.15, 0.2) is 0 Å². The minimum Gasteiger partial charge on any atom is -0.509 e. The zero-order valence-electron chi connectivity index (χ0n) is 14.0. The third kappa shape index (κ3) is 2.34. The predicted octanol–water partition coefficient (Wildman–Crippen LogP) is 3.35. The number of nitrogens with zero attached hydrogens (tertiary/aromatic N) is 3. The van der Waals surface area contributed by atoms with Crippen LogP contribution >= 0.6 is 0 Å². The maximum atomic E-state index is 10.5. The van der Waals surface area contributed by atoms with E-state index in [1.54, 1.807) is 12.0 Å². The van der Waals surface area contributed by atoms with Crippen molar-refractivity contribution in [2.24, 2.45) is 7.05 Å². The molecule has 6 heteroatoms. The highest BCUT2D eigenvalue weighted by atomic mass is 16.5. The number of aliphatic hydroxyl groups excluding tert-OH is 1. The second-order valence-electron chi connectivity index (χ2n) is 5.94. The van der Waals surface area contributed by atoms with Gasteiger partial charge in [-0.1, -0.05) is 18.2 Å². The van der Waals surface area contributed by atoms with Crippen molar-refractivity contribution in [2.45, 2.75) is 0 Å². The number of rotatable bonds is 3. The third-order valence-electron chi connectivity index (χ3n) is 4.48.